The largest absolute Gasteiger partial charge is 0.489 e. The number of terminal acetylenes is 1. The number of ether oxygens (including phenoxy) is 2. The van der Waals surface area contributed by atoms with Crippen LogP contribution in [0, 0.1) is 22.5 Å². The van der Waals surface area contributed by atoms with Gasteiger partial charge >= 0.3 is 5.69 Å². The van der Waals surface area contributed by atoms with Gasteiger partial charge in [-0.3, -0.25) is 10.1 Å². The lowest BCUT2D eigenvalue weighted by Crippen LogP contribution is -2.00. The molecule has 0 aliphatic rings. The predicted molar refractivity (Wildman–Crippen MR) is 89.5 cm³/mol. The van der Waals surface area contributed by atoms with Crippen LogP contribution >= 0.6 is 0 Å². The molecular weight excluding hydrogens is 294 g/mol. The van der Waals surface area contributed by atoms with Crippen molar-refractivity contribution in [3.8, 4) is 23.8 Å². The van der Waals surface area contributed by atoms with Crippen molar-refractivity contribution in [2.24, 2.45) is 0 Å². The van der Waals surface area contributed by atoms with Crippen LogP contribution in [0.15, 0.2) is 48.5 Å². The highest BCUT2D eigenvalue weighted by molar-refractivity contribution is 5.50. The zero-order valence-electron chi connectivity index (χ0n) is 13.2. The molecule has 0 N–H and O–H groups in total. The van der Waals surface area contributed by atoms with Crippen LogP contribution in [0.1, 0.15) is 19.4 Å². The average Bonchev–Trinajstić information content (AvgIpc) is 2.60. The van der Waals surface area contributed by atoms with Gasteiger partial charge in [0.2, 0.25) is 5.75 Å². The average molecular weight is 313 g/mol. The number of hydrogen-bond donors (Lipinski definition) is 0. The van der Waals surface area contributed by atoms with Crippen molar-refractivity contribution in [3.63, 3.8) is 0 Å². The Balaban J connectivity index is 0.00000127. The fourth-order valence-corrected chi connectivity index (χ4v) is 1.71. The normalized spacial score (nSPS) is 9.09. The number of benzene rings is 2. The Morgan fingerprint density at radius 1 is 1.13 bits per heavy atom. The summed E-state index contributed by atoms with van der Waals surface area (Å²) in [5.74, 6) is 2.86. The number of hydrogen-bond acceptors (Lipinski definition) is 4. The molecule has 0 bridgehead atoms. The Morgan fingerprint density at radius 3 is 2.43 bits per heavy atom. The number of nitro groups is 1. The molecule has 2 aromatic rings. The minimum atomic E-state index is -0.521. The van der Waals surface area contributed by atoms with Crippen LogP contribution in [0.5, 0.6) is 11.5 Å². The monoisotopic (exact) mass is 313 g/mol. The van der Waals surface area contributed by atoms with Gasteiger partial charge in [-0.15, -0.1) is 6.42 Å². The summed E-state index contributed by atoms with van der Waals surface area (Å²) < 4.78 is 10.8. The molecule has 2 rings (SSSR count). The van der Waals surface area contributed by atoms with Crippen molar-refractivity contribution in [1.82, 2.24) is 0 Å². The van der Waals surface area contributed by atoms with Crippen molar-refractivity contribution >= 4 is 5.69 Å². The summed E-state index contributed by atoms with van der Waals surface area (Å²) >= 11 is 0. The first-order valence-electron chi connectivity index (χ1n) is 7.22. The second-order valence-corrected chi connectivity index (χ2v) is 4.15. The van der Waals surface area contributed by atoms with E-state index in [1.54, 1.807) is 0 Å². The maximum absolute atomic E-state index is 10.9. The van der Waals surface area contributed by atoms with Gasteiger partial charge in [-0.25, -0.2) is 0 Å². The molecule has 0 spiro atoms. The van der Waals surface area contributed by atoms with Gasteiger partial charge in [0.25, 0.3) is 0 Å². The van der Waals surface area contributed by atoms with Gasteiger partial charge in [0.05, 0.1) is 4.92 Å². The Kier molecular flexibility index (Phi) is 7.73. The molecule has 0 radical (unpaired) electrons. The maximum Gasteiger partial charge on any atom is 0.311 e. The third-order valence-corrected chi connectivity index (χ3v) is 2.69. The Hall–Kier alpha value is -3.00. The molecular formula is C18H19NO4. The number of nitro benzene ring substituents is 1. The molecule has 120 valence electrons. The molecule has 5 nitrogen and oxygen atoms in total. The Labute approximate surface area is 136 Å². The van der Waals surface area contributed by atoms with E-state index < -0.39 is 4.92 Å². The van der Waals surface area contributed by atoms with Crippen LogP contribution in [0.4, 0.5) is 5.69 Å². The smallest absolute Gasteiger partial charge is 0.311 e. The van der Waals surface area contributed by atoms with Gasteiger partial charge in [0.1, 0.15) is 19.0 Å². The van der Waals surface area contributed by atoms with Gasteiger partial charge in [0, 0.05) is 12.1 Å². The number of nitrogens with zero attached hydrogens (tertiary/aromatic N) is 1. The molecule has 0 aliphatic heterocycles. The molecule has 0 atom stereocenters. The van der Waals surface area contributed by atoms with Gasteiger partial charge in [-0.1, -0.05) is 50.1 Å². The minimum Gasteiger partial charge on any atom is -0.489 e. The lowest BCUT2D eigenvalue weighted by molar-refractivity contribution is -0.385. The lowest BCUT2D eigenvalue weighted by Gasteiger charge is -2.09. The quantitative estimate of drug-likeness (QED) is 0.455. The third-order valence-electron chi connectivity index (χ3n) is 2.69. The number of rotatable bonds is 6. The topological polar surface area (TPSA) is 61.6 Å². The summed E-state index contributed by atoms with van der Waals surface area (Å²) in [6.45, 7) is 4.33. The van der Waals surface area contributed by atoms with Gasteiger partial charge in [0.15, 0.2) is 0 Å². The minimum absolute atomic E-state index is 0.0387. The van der Waals surface area contributed by atoms with Crippen LogP contribution in [0.25, 0.3) is 0 Å². The first-order chi connectivity index (χ1) is 11.2. The van der Waals surface area contributed by atoms with Gasteiger partial charge in [-0.2, -0.15) is 0 Å². The third kappa shape index (κ3) is 5.71. The van der Waals surface area contributed by atoms with E-state index in [4.69, 9.17) is 15.9 Å². The van der Waals surface area contributed by atoms with E-state index in [1.165, 1.54) is 18.2 Å². The second kappa shape index (κ2) is 9.85. The molecule has 0 amide bonds. The van der Waals surface area contributed by atoms with Crippen LogP contribution in [-0.2, 0) is 6.61 Å². The Bertz CT molecular complexity index is 662. The maximum atomic E-state index is 10.9. The van der Waals surface area contributed by atoms with Crippen LogP contribution in [0.2, 0.25) is 0 Å². The summed E-state index contributed by atoms with van der Waals surface area (Å²) in [5, 5.41) is 10.9. The fourth-order valence-electron chi connectivity index (χ4n) is 1.71. The molecule has 0 saturated carbocycles. The van der Waals surface area contributed by atoms with E-state index in [0.717, 1.165) is 5.56 Å². The van der Waals surface area contributed by atoms with E-state index in [1.807, 2.05) is 44.2 Å². The highest BCUT2D eigenvalue weighted by atomic mass is 16.6. The predicted octanol–water partition coefficient (Wildman–Crippen LogP) is 4.21. The van der Waals surface area contributed by atoms with E-state index in [9.17, 15) is 10.1 Å². The summed E-state index contributed by atoms with van der Waals surface area (Å²) in [6.07, 6.45) is 5.10. The highest BCUT2D eigenvalue weighted by Crippen LogP contribution is 2.31. The molecule has 0 aromatic heterocycles. The summed E-state index contributed by atoms with van der Waals surface area (Å²) in [7, 11) is 0. The molecule has 0 aliphatic carbocycles. The van der Waals surface area contributed by atoms with Crippen LogP contribution in [-0.4, -0.2) is 11.5 Å². The van der Waals surface area contributed by atoms with Crippen molar-refractivity contribution in [3.05, 3.63) is 64.2 Å². The van der Waals surface area contributed by atoms with E-state index in [0.29, 0.717) is 12.4 Å². The SMILES string of the molecule is C#CCOc1cc(OCc2ccccc2)ccc1[N+](=O)[O-].CC. The molecule has 0 fully saturated rings. The fraction of sp³-hybridized carbons (Fsp3) is 0.222. The highest BCUT2D eigenvalue weighted by Gasteiger charge is 2.16. The molecule has 5 heteroatoms. The summed E-state index contributed by atoms with van der Waals surface area (Å²) in [5.41, 5.74) is 0.860. The van der Waals surface area contributed by atoms with Crippen molar-refractivity contribution in [2.45, 2.75) is 20.5 Å². The molecule has 23 heavy (non-hydrogen) atoms. The van der Waals surface area contributed by atoms with Gasteiger partial charge in [-0.05, 0) is 11.6 Å². The molecule has 0 unspecified atom stereocenters. The first-order valence-corrected chi connectivity index (χ1v) is 7.22. The van der Waals surface area contributed by atoms with Crippen LogP contribution < -0.4 is 9.47 Å². The summed E-state index contributed by atoms with van der Waals surface area (Å²) in [4.78, 5) is 10.4. The molecule has 2 aromatic carbocycles. The molecule has 0 heterocycles. The second-order valence-electron chi connectivity index (χ2n) is 4.15. The van der Waals surface area contributed by atoms with Crippen LogP contribution in [0.3, 0.4) is 0 Å². The van der Waals surface area contributed by atoms with E-state index in [2.05, 4.69) is 5.92 Å². The Morgan fingerprint density at radius 2 is 1.83 bits per heavy atom. The summed E-state index contributed by atoms with van der Waals surface area (Å²) in [6, 6.07) is 13.9. The first kappa shape index (κ1) is 18.1. The van der Waals surface area contributed by atoms with Crippen molar-refractivity contribution in [2.75, 3.05) is 6.61 Å². The zero-order chi connectivity index (χ0) is 17.1. The van der Waals surface area contributed by atoms with E-state index >= 15 is 0 Å². The molecule has 0 saturated heterocycles. The standard InChI is InChI=1S/C16H13NO4.C2H6/c1-2-10-20-16-11-14(8-9-15(16)17(18)19)21-12-13-6-4-3-5-7-13;1-2/h1,3-9,11H,10,12H2;1-2H3. The van der Waals surface area contributed by atoms with Crippen molar-refractivity contribution in [1.29, 1.82) is 0 Å². The lowest BCUT2D eigenvalue weighted by atomic mass is 10.2. The van der Waals surface area contributed by atoms with E-state index in [-0.39, 0.29) is 18.0 Å². The van der Waals surface area contributed by atoms with Gasteiger partial charge < -0.3 is 9.47 Å². The zero-order valence-corrected chi connectivity index (χ0v) is 13.2. The van der Waals surface area contributed by atoms with Crippen molar-refractivity contribution < 1.29 is 14.4 Å².